The summed E-state index contributed by atoms with van der Waals surface area (Å²) in [5.41, 5.74) is 1.66. The smallest absolute Gasteiger partial charge is 0.267 e. The lowest BCUT2D eigenvalue weighted by atomic mass is 10.1. The Labute approximate surface area is 122 Å². The first-order valence-corrected chi connectivity index (χ1v) is 6.45. The summed E-state index contributed by atoms with van der Waals surface area (Å²) >= 11 is 0. The molecule has 0 aliphatic heterocycles. The molecule has 0 aliphatic carbocycles. The van der Waals surface area contributed by atoms with Crippen molar-refractivity contribution in [2.75, 3.05) is 7.05 Å². The Morgan fingerprint density at radius 2 is 1.86 bits per heavy atom. The summed E-state index contributed by atoms with van der Waals surface area (Å²) in [6.45, 7) is 1.94. The van der Waals surface area contributed by atoms with Gasteiger partial charge >= 0.3 is 0 Å². The van der Waals surface area contributed by atoms with Crippen LogP contribution in [0.15, 0.2) is 52.8 Å². The average Bonchev–Trinajstić information content (AvgIpc) is 2.99. The van der Waals surface area contributed by atoms with Gasteiger partial charge in [-0.2, -0.15) is 0 Å². The zero-order chi connectivity index (χ0) is 15.2. The van der Waals surface area contributed by atoms with Gasteiger partial charge in [0.05, 0.1) is 6.26 Å². The molecule has 0 fully saturated rings. The summed E-state index contributed by atoms with van der Waals surface area (Å²) in [6.07, 6.45) is 2.97. The molecule has 2 aromatic rings. The lowest BCUT2D eigenvalue weighted by Crippen LogP contribution is -2.33. The molecule has 5 nitrogen and oxygen atoms in total. The summed E-state index contributed by atoms with van der Waals surface area (Å²) in [6, 6.07) is 10.5. The SMILES string of the molecule is CNC(=O)/C(=C/c1ccco1)NC(=O)c1ccc(C)cc1. The number of likely N-dealkylation sites (N-methyl/N-ethyl adjacent to an activating group) is 1. The van der Waals surface area contributed by atoms with Gasteiger partial charge in [0.2, 0.25) is 0 Å². The van der Waals surface area contributed by atoms with Crippen LogP contribution in [-0.4, -0.2) is 18.9 Å². The molecule has 1 heterocycles. The second-order valence-corrected chi connectivity index (χ2v) is 4.47. The van der Waals surface area contributed by atoms with Crippen LogP contribution in [0.5, 0.6) is 0 Å². The number of nitrogens with one attached hydrogen (secondary N) is 2. The zero-order valence-corrected chi connectivity index (χ0v) is 11.8. The maximum absolute atomic E-state index is 12.2. The Morgan fingerprint density at radius 3 is 2.43 bits per heavy atom. The van der Waals surface area contributed by atoms with E-state index in [1.165, 1.54) is 19.4 Å². The normalized spacial score (nSPS) is 11.0. The van der Waals surface area contributed by atoms with Crippen molar-refractivity contribution >= 4 is 17.9 Å². The first-order valence-electron chi connectivity index (χ1n) is 6.45. The van der Waals surface area contributed by atoms with Crippen molar-refractivity contribution in [1.82, 2.24) is 10.6 Å². The van der Waals surface area contributed by atoms with E-state index < -0.39 is 5.91 Å². The fourth-order valence-corrected chi connectivity index (χ4v) is 1.71. The summed E-state index contributed by atoms with van der Waals surface area (Å²) in [5.74, 6) is -0.263. The highest BCUT2D eigenvalue weighted by Crippen LogP contribution is 2.08. The van der Waals surface area contributed by atoms with E-state index >= 15 is 0 Å². The van der Waals surface area contributed by atoms with E-state index in [1.54, 1.807) is 24.3 Å². The van der Waals surface area contributed by atoms with Gasteiger partial charge in [-0.15, -0.1) is 0 Å². The van der Waals surface area contributed by atoms with Gasteiger partial charge in [-0.05, 0) is 31.2 Å². The standard InChI is InChI=1S/C16H16N2O3/c1-11-5-7-12(8-6-11)15(19)18-14(16(20)17-2)10-13-4-3-9-21-13/h3-10H,1-2H3,(H,17,20)(H,18,19)/b14-10-. The van der Waals surface area contributed by atoms with Crippen LogP contribution in [0.2, 0.25) is 0 Å². The number of furan rings is 1. The van der Waals surface area contributed by atoms with Crippen LogP contribution in [0.25, 0.3) is 6.08 Å². The fourth-order valence-electron chi connectivity index (χ4n) is 1.71. The maximum atomic E-state index is 12.2. The van der Waals surface area contributed by atoms with Gasteiger partial charge in [-0.3, -0.25) is 9.59 Å². The quantitative estimate of drug-likeness (QED) is 0.845. The van der Waals surface area contributed by atoms with Crippen LogP contribution in [0.3, 0.4) is 0 Å². The van der Waals surface area contributed by atoms with Crippen molar-refractivity contribution in [2.24, 2.45) is 0 Å². The molecule has 1 aromatic heterocycles. The molecule has 108 valence electrons. The van der Waals surface area contributed by atoms with Crippen molar-refractivity contribution in [3.63, 3.8) is 0 Å². The average molecular weight is 284 g/mol. The highest BCUT2D eigenvalue weighted by molar-refractivity contribution is 6.05. The summed E-state index contributed by atoms with van der Waals surface area (Å²) in [5, 5.41) is 5.07. The number of rotatable bonds is 4. The van der Waals surface area contributed by atoms with E-state index in [4.69, 9.17) is 4.42 Å². The minimum Gasteiger partial charge on any atom is -0.465 e. The lowest BCUT2D eigenvalue weighted by molar-refractivity contribution is -0.117. The van der Waals surface area contributed by atoms with Crippen molar-refractivity contribution in [3.05, 3.63) is 65.2 Å². The highest BCUT2D eigenvalue weighted by Gasteiger charge is 2.13. The fraction of sp³-hybridized carbons (Fsp3) is 0.125. The number of benzene rings is 1. The molecule has 0 atom stereocenters. The Morgan fingerprint density at radius 1 is 1.14 bits per heavy atom. The first kappa shape index (κ1) is 14.6. The molecule has 0 aliphatic rings. The topological polar surface area (TPSA) is 71.3 Å². The van der Waals surface area contributed by atoms with Gasteiger partial charge in [-0.25, -0.2) is 0 Å². The van der Waals surface area contributed by atoms with E-state index in [0.29, 0.717) is 11.3 Å². The van der Waals surface area contributed by atoms with E-state index in [-0.39, 0.29) is 11.6 Å². The molecular formula is C16H16N2O3. The number of amides is 2. The molecule has 0 saturated carbocycles. The predicted molar refractivity (Wildman–Crippen MR) is 79.4 cm³/mol. The number of hydrogen-bond acceptors (Lipinski definition) is 3. The molecule has 5 heteroatoms. The Bertz CT molecular complexity index is 655. The summed E-state index contributed by atoms with van der Waals surface area (Å²) in [7, 11) is 1.50. The number of carbonyl (C=O) groups is 2. The molecule has 2 N–H and O–H groups in total. The van der Waals surface area contributed by atoms with Crippen molar-refractivity contribution in [2.45, 2.75) is 6.92 Å². The Kier molecular flexibility index (Phi) is 4.56. The third-order valence-electron chi connectivity index (χ3n) is 2.86. The van der Waals surface area contributed by atoms with Crippen LogP contribution < -0.4 is 10.6 Å². The summed E-state index contributed by atoms with van der Waals surface area (Å²) < 4.78 is 5.15. The molecule has 0 spiro atoms. The maximum Gasteiger partial charge on any atom is 0.267 e. The third kappa shape index (κ3) is 3.82. The van der Waals surface area contributed by atoms with E-state index in [9.17, 15) is 9.59 Å². The lowest BCUT2D eigenvalue weighted by Gasteiger charge is -2.08. The van der Waals surface area contributed by atoms with Crippen LogP contribution in [0, 0.1) is 6.92 Å². The third-order valence-corrected chi connectivity index (χ3v) is 2.86. The molecule has 2 amide bonds. The van der Waals surface area contributed by atoms with Crippen molar-refractivity contribution < 1.29 is 14.0 Å². The molecule has 0 radical (unpaired) electrons. The second-order valence-electron chi connectivity index (χ2n) is 4.47. The molecule has 0 bridgehead atoms. The summed E-state index contributed by atoms with van der Waals surface area (Å²) in [4.78, 5) is 24.0. The van der Waals surface area contributed by atoms with Gasteiger partial charge in [0.1, 0.15) is 11.5 Å². The minimum absolute atomic E-state index is 0.123. The van der Waals surface area contributed by atoms with Crippen molar-refractivity contribution in [3.8, 4) is 0 Å². The van der Waals surface area contributed by atoms with E-state index in [1.807, 2.05) is 19.1 Å². The Balaban J connectivity index is 2.21. The van der Waals surface area contributed by atoms with Crippen LogP contribution in [0.1, 0.15) is 21.7 Å². The van der Waals surface area contributed by atoms with E-state index in [0.717, 1.165) is 5.56 Å². The van der Waals surface area contributed by atoms with Crippen LogP contribution in [0.4, 0.5) is 0 Å². The number of hydrogen-bond donors (Lipinski definition) is 2. The molecule has 0 saturated heterocycles. The van der Waals surface area contributed by atoms with Gasteiger partial charge < -0.3 is 15.1 Å². The molecular weight excluding hydrogens is 268 g/mol. The van der Waals surface area contributed by atoms with Gasteiger partial charge in [-0.1, -0.05) is 17.7 Å². The molecule has 0 unspecified atom stereocenters. The van der Waals surface area contributed by atoms with Gasteiger partial charge in [0.15, 0.2) is 0 Å². The van der Waals surface area contributed by atoms with Crippen molar-refractivity contribution in [1.29, 1.82) is 0 Å². The second kappa shape index (κ2) is 6.56. The first-order chi connectivity index (χ1) is 10.1. The predicted octanol–water partition coefficient (Wildman–Crippen LogP) is 2.10. The van der Waals surface area contributed by atoms with Crippen LogP contribution in [-0.2, 0) is 4.79 Å². The minimum atomic E-state index is -0.396. The zero-order valence-electron chi connectivity index (χ0n) is 11.8. The van der Waals surface area contributed by atoms with Crippen LogP contribution >= 0.6 is 0 Å². The largest absolute Gasteiger partial charge is 0.465 e. The monoisotopic (exact) mass is 284 g/mol. The molecule has 21 heavy (non-hydrogen) atoms. The molecule has 1 aromatic carbocycles. The van der Waals surface area contributed by atoms with Gasteiger partial charge in [0.25, 0.3) is 11.8 Å². The number of carbonyl (C=O) groups excluding carboxylic acids is 2. The van der Waals surface area contributed by atoms with Gasteiger partial charge in [0, 0.05) is 18.7 Å². The van der Waals surface area contributed by atoms with E-state index in [2.05, 4.69) is 10.6 Å². The molecule has 2 rings (SSSR count). The number of aryl methyl sites for hydroxylation is 1. The Hall–Kier alpha value is -2.82. The highest BCUT2D eigenvalue weighted by atomic mass is 16.3.